The normalized spacial score (nSPS) is 10.2. The molecule has 1 N–H and O–H groups in total. The van der Waals surface area contributed by atoms with Crippen molar-refractivity contribution in [2.75, 3.05) is 12.4 Å². The van der Waals surface area contributed by atoms with Crippen LogP contribution in [0.3, 0.4) is 0 Å². The Kier molecular flexibility index (Phi) is 4.23. The largest absolute Gasteiger partial charge is 0.467 e. The van der Waals surface area contributed by atoms with Gasteiger partial charge in [0, 0.05) is 11.6 Å². The molecule has 0 unspecified atom stereocenters. The van der Waals surface area contributed by atoms with E-state index in [1.54, 1.807) is 0 Å². The molecule has 0 amide bonds. The number of nitrogens with one attached hydrogen (secondary N) is 1. The molecule has 2 aromatic rings. The van der Waals surface area contributed by atoms with E-state index in [1.165, 1.54) is 13.3 Å². The van der Waals surface area contributed by atoms with Gasteiger partial charge in [-0.05, 0) is 17.7 Å². The second kappa shape index (κ2) is 5.89. The van der Waals surface area contributed by atoms with Crippen molar-refractivity contribution in [2.45, 2.75) is 6.54 Å². The smallest absolute Gasteiger partial charge is 0.318 e. The van der Waals surface area contributed by atoms with Gasteiger partial charge in [0.2, 0.25) is 0 Å². The van der Waals surface area contributed by atoms with Crippen LogP contribution in [0.5, 0.6) is 6.01 Å². The summed E-state index contributed by atoms with van der Waals surface area (Å²) in [6.45, 7) is 0.594. The maximum absolute atomic E-state index is 5.98. The zero-order valence-electron chi connectivity index (χ0n) is 9.65. The van der Waals surface area contributed by atoms with Gasteiger partial charge < -0.3 is 10.1 Å². The molecule has 2 rings (SSSR count). The van der Waals surface area contributed by atoms with E-state index in [0.717, 1.165) is 5.56 Å². The summed E-state index contributed by atoms with van der Waals surface area (Å²) < 4.78 is 4.94. The Morgan fingerprint density at radius 3 is 2.61 bits per heavy atom. The summed E-state index contributed by atoms with van der Waals surface area (Å²) in [5, 5.41) is 4.27. The van der Waals surface area contributed by atoms with Gasteiger partial charge in [-0.25, -0.2) is 4.98 Å². The van der Waals surface area contributed by atoms with Gasteiger partial charge in [-0.3, -0.25) is 0 Å². The predicted octanol–water partition coefficient (Wildman–Crippen LogP) is 3.40. The van der Waals surface area contributed by atoms with Crippen molar-refractivity contribution >= 4 is 29.0 Å². The Morgan fingerprint density at radius 2 is 1.94 bits per heavy atom. The summed E-state index contributed by atoms with van der Waals surface area (Å²) in [6, 6.07) is 7.81. The van der Waals surface area contributed by atoms with Gasteiger partial charge in [-0.1, -0.05) is 35.3 Å². The molecule has 0 atom stereocenters. The number of methoxy groups -OCH3 is 1. The molecule has 4 nitrogen and oxygen atoms in total. The van der Waals surface area contributed by atoms with Crippen molar-refractivity contribution < 1.29 is 4.74 Å². The van der Waals surface area contributed by atoms with Crippen molar-refractivity contribution in [3.05, 3.63) is 46.1 Å². The lowest BCUT2D eigenvalue weighted by molar-refractivity contribution is 0.380. The number of ether oxygens (including phenoxy) is 1. The maximum atomic E-state index is 5.98. The zero-order valence-corrected chi connectivity index (χ0v) is 11.2. The van der Waals surface area contributed by atoms with Crippen molar-refractivity contribution in [1.29, 1.82) is 0 Å². The molecule has 94 valence electrons. The van der Waals surface area contributed by atoms with Gasteiger partial charge in [0.1, 0.15) is 5.02 Å². The Morgan fingerprint density at radius 1 is 1.22 bits per heavy atom. The zero-order chi connectivity index (χ0) is 13.0. The Hall–Kier alpha value is -1.52. The highest BCUT2D eigenvalue weighted by Crippen LogP contribution is 2.21. The van der Waals surface area contributed by atoms with E-state index in [2.05, 4.69) is 15.3 Å². The minimum Gasteiger partial charge on any atom is -0.467 e. The van der Waals surface area contributed by atoms with Crippen LogP contribution in [0.1, 0.15) is 5.56 Å². The van der Waals surface area contributed by atoms with Crippen LogP contribution in [0.25, 0.3) is 0 Å². The fourth-order valence-corrected chi connectivity index (χ4v) is 1.65. The van der Waals surface area contributed by atoms with Gasteiger partial charge in [0.25, 0.3) is 0 Å². The van der Waals surface area contributed by atoms with Crippen molar-refractivity contribution in [3.63, 3.8) is 0 Å². The fraction of sp³-hybridized carbons (Fsp3) is 0.167. The van der Waals surface area contributed by atoms with Crippen LogP contribution in [0.15, 0.2) is 30.5 Å². The van der Waals surface area contributed by atoms with Crippen LogP contribution in [0.2, 0.25) is 10.0 Å². The third-order valence-corrected chi connectivity index (χ3v) is 2.81. The number of anilines is 1. The van der Waals surface area contributed by atoms with Crippen molar-refractivity contribution in [2.24, 2.45) is 0 Å². The molecule has 0 spiro atoms. The monoisotopic (exact) mass is 283 g/mol. The van der Waals surface area contributed by atoms with E-state index in [-0.39, 0.29) is 6.01 Å². The van der Waals surface area contributed by atoms with E-state index in [9.17, 15) is 0 Å². The van der Waals surface area contributed by atoms with E-state index in [0.29, 0.717) is 22.4 Å². The molecule has 6 heteroatoms. The third-order valence-electron chi connectivity index (χ3n) is 2.28. The van der Waals surface area contributed by atoms with Gasteiger partial charge >= 0.3 is 6.01 Å². The number of hydrogen-bond acceptors (Lipinski definition) is 4. The molecular formula is C12H11Cl2N3O. The summed E-state index contributed by atoms with van der Waals surface area (Å²) in [5.74, 6) is 0.540. The number of nitrogens with zero attached hydrogens (tertiary/aromatic N) is 2. The molecule has 0 saturated carbocycles. The fourth-order valence-electron chi connectivity index (χ4n) is 1.36. The second-order valence-electron chi connectivity index (χ2n) is 3.53. The minimum absolute atomic E-state index is 0.276. The molecule has 0 bridgehead atoms. The van der Waals surface area contributed by atoms with Gasteiger partial charge in [-0.15, -0.1) is 0 Å². The van der Waals surface area contributed by atoms with Crippen LogP contribution < -0.4 is 10.1 Å². The molecule has 0 fully saturated rings. The number of benzene rings is 1. The van der Waals surface area contributed by atoms with Crippen LogP contribution in [0.4, 0.5) is 5.82 Å². The van der Waals surface area contributed by atoms with E-state index >= 15 is 0 Å². The number of aromatic nitrogens is 2. The van der Waals surface area contributed by atoms with Gasteiger partial charge in [0.05, 0.1) is 13.3 Å². The van der Waals surface area contributed by atoms with Gasteiger partial charge in [0.15, 0.2) is 5.82 Å². The highest BCUT2D eigenvalue weighted by Gasteiger charge is 2.05. The summed E-state index contributed by atoms with van der Waals surface area (Å²) >= 11 is 11.8. The van der Waals surface area contributed by atoms with Crippen LogP contribution in [0, 0.1) is 0 Å². The molecule has 0 aliphatic carbocycles. The first-order valence-corrected chi connectivity index (χ1v) is 5.99. The van der Waals surface area contributed by atoms with Gasteiger partial charge in [-0.2, -0.15) is 4.98 Å². The average molecular weight is 284 g/mol. The first-order chi connectivity index (χ1) is 8.69. The molecular weight excluding hydrogens is 273 g/mol. The Labute approximate surface area is 115 Å². The molecule has 0 radical (unpaired) electrons. The van der Waals surface area contributed by atoms with Crippen LogP contribution >= 0.6 is 23.2 Å². The van der Waals surface area contributed by atoms with E-state index in [1.807, 2.05) is 24.3 Å². The summed E-state index contributed by atoms with van der Waals surface area (Å²) in [4.78, 5) is 8.02. The summed E-state index contributed by atoms with van der Waals surface area (Å²) in [6.07, 6.45) is 1.50. The molecule has 18 heavy (non-hydrogen) atoms. The topological polar surface area (TPSA) is 47.0 Å². The molecule has 0 aliphatic rings. The molecule has 0 saturated heterocycles. The standard InChI is InChI=1S/C12H11Cl2N3O/c1-18-12-16-7-10(14)11(17-12)15-6-8-2-4-9(13)5-3-8/h2-5,7H,6H2,1H3,(H,15,16,17). The van der Waals surface area contributed by atoms with Crippen molar-refractivity contribution in [3.8, 4) is 6.01 Å². The lowest BCUT2D eigenvalue weighted by Crippen LogP contribution is -2.03. The van der Waals surface area contributed by atoms with E-state index in [4.69, 9.17) is 27.9 Å². The number of halogens is 2. The summed E-state index contributed by atoms with van der Waals surface area (Å²) in [7, 11) is 1.51. The number of rotatable bonds is 4. The Balaban J connectivity index is 2.07. The first-order valence-electron chi connectivity index (χ1n) is 5.24. The molecule has 1 aromatic heterocycles. The second-order valence-corrected chi connectivity index (χ2v) is 4.38. The third kappa shape index (κ3) is 3.24. The maximum Gasteiger partial charge on any atom is 0.318 e. The lowest BCUT2D eigenvalue weighted by atomic mass is 10.2. The Bertz CT molecular complexity index is 531. The average Bonchev–Trinajstić information content (AvgIpc) is 2.40. The number of hydrogen-bond donors (Lipinski definition) is 1. The predicted molar refractivity (Wildman–Crippen MR) is 72.4 cm³/mol. The minimum atomic E-state index is 0.276. The summed E-state index contributed by atoms with van der Waals surface area (Å²) in [5.41, 5.74) is 1.08. The van der Waals surface area contributed by atoms with E-state index < -0.39 is 0 Å². The molecule has 1 aromatic carbocycles. The molecule has 0 aliphatic heterocycles. The highest BCUT2D eigenvalue weighted by molar-refractivity contribution is 6.32. The SMILES string of the molecule is COc1ncc(Cl)c(NCc2ccc(Cl)cc2)n1. The van der Waals surface area contributed by atoms with Crippen LogP contribution in [-0.2, 0) is 6.54 Å². The quantitative estimate of drug-likeness (QED) is 0.934. The highest BCUT2D eigenvalue weighted by atomic mass is 35.5. The first kappa shape index (κ1) is 12.9. The lowest BCUT2D eigenvalue weighted by Gasteiger charge is -2.08. The van der Waals surface area contributed by atoms with Crippen molar-refractivity contribution in [1.82, 2.24) is 9.97 Å². The molecule has 1 heterocycles. The van der Waals surface area contributed by atoms with Crippen LogP contribution in [-0.4, -0.2) is 17.1 Å².